The van der Waals surface area contributed by atoms with E-state index in [4.69, 9.17) is 0 Å². The van der Waals surface area contributed by atoms with E-state index in [-0.39, 0.29) is 0 Å². The van der Waals surface area contributed by atoms with Gasteiger partial charge in [-0.3, -0.25) is 0 Å². The third-order valence-electron chi connectivity index (χ3n) is 43.1. The van der Waals surface area contributed by atoms with E-state index >= 15 is 0 Å². The van der Waals surface area contributed by atoms with Gasteiger partial charge in [0.25, 0.3) is 0 Å². The Balaban J connectivity index is 0.000000111. The fraction of sp³-hybridized carbons (Fsp3) is 0.352. The third-order valence-corrected chi connectivity index (χ3v) is 43.1. The molecule has 22 aromatic rings. The first-order valence-electron chi connectivity index (χ1n) is 54.3. The fourth-order valence-corrected chi connectivity index (χ4v) is 32.1. The molecular formula is C145H154. The van der Waals surface area contributed by atoms with Crippen LogP contribution in [0.15, 0.2) is 6.07 Å². The van der Waals surface area contributed by atoms with Crippen LogP contribution in [0.3, 0.4) is 0 Å². The largest absolute Gasteiger partial charge is 0.0505 e. The van der Waals surface area contributed by atoms with Crippen LogP contribution < -0.4 is 0 Å². The van der Waals surface area contributed by atoms with Gasteiger partial charge in [0.2, 0.25) is 0 Å². The van der Waals surface area contributed by atoms with Gasteiger partial charge in [0.05, 0.1) is 0 Å². The summed E-state index contributed by atoms with van der Waals surface area (Å²) in [5, 5.41) is 44.8. The fourth-order valence-electron chi connectivity index (χ4n) is 32.1. The minimum absolute atomic E-state index is 1.40. The van der Waals surface area contributed by atoms with Crippen LogP contribution in [-0.4, -0.2) is 0 Å². The van der Waals surface area contributed by atoms with Crippen molar-refractivity contribution in [2.75, 3.05) is 0 Å². The molecule has 0 aromatic heterocycles. The summed E-state index contributed by atoms with van der Waals surface area (Å²) in [6, 6.07) is 2.47. The second-order valence-electron chi connectivity index (χ2n) is 47.9. The first-order valence-corrected chi connectivity index (χ1v) is 54.3. The zero-order valence-electron chi connectivity index (χ0n) is 98.1. The first-order chi connectivity index (χ1) is 67.9. The SMILES string of the molecule is Cc1c(C)c(C)c2c(c1C)-c1c(C)c(C)c3c(C)c(C)c4c(C)c(C)c(C)c5c(C)c-2c1c3c45.Cc1c(C)c(C)c2c(c1C)c1c(C)c(C)c3c(C)c4c5c(C)c(C)c(C)c(C)c5c5c(C)c(C)c6c(C)c2c1c3c6c54.Cc1c(C)c2c3c(c(C)c(C)c(C)c3c1C)-c1c-2c(C)c2c(C)c3c(C)c(C)c(C)c(C)c3c(C)c2c1C.Cc1cc2c3c4c(c(C)c(C)c(C)c4c(C)c2c(C)c1C)-c1c(C)c(C)c(C)c(C)c1-3. The topological polar surface area (TPSA) is 0 Å². The third kappa shape index (κ3) is 11.3. The lowest BCUT2D eigenvalue weighted by Crippen LogP contribution is -2.02. The van der Waals surface area contributed by atoms with Gasteiger partial charge in [0.15, 0.2) is 0 Å². The highest BCUT2D eigenvalue weighted by molar-refractivity contribution is 6.50. The maximum Gasteiger partial charge on any atom is -0.000780 e. The normalized spacial score (nSPS) is 12.7. The van der Waals surface area contributed by atoms with Gasteiger partial charge in [-0.05, 0) is 865 Å². The quantitative estimate of drug-likeness (QED) is 0.105. The van der Waals surface area contributed by atoms with Gasteiger partial charge in [0, 0.05) is 0 Å². The predicted molar refractivity (Wildman–Crippen MR) is 648 cm³/mol. The summed E-state index contributed by atoms with van der Waals surface area (Å²) in [6.07, 6.45) is 0. The van der Waals surface area contributed by atoms with E-state index in [2.05, 4.69) is 359 Å². The number of hydrogen-bond acceptors (Lipinski definition) is 0. The monoisotopic (exact) mass is 1900 g/mol. The summed E-state index contributed by atoms with van der Waals surface area (Å²) >= 11 is 0. The minimum Gasteiger partial charge on any atom is -0.0505 e. The summed E-state index contributed by atoms with van der Waals surface area (Å²) in [5.41, 5.74) is 91.9. The number of aryl methyl sites for hydroxylation is 28. The van der Waals surface area contributed by atoms with E-state index in [1.165, 1.54) is 512 Å². The van der Waals surface area contributed by atoms with Gasteiger partial charge in [0.1, 0.15) is 0 Å². The van der Waals surface area contributed by atoms with Crippen molar-refractivity contribution in [1.29, 1.82) is 0 Å². The van der Waals surface area contributed by atoms with Crippen molar-refractivity contribution in [2.45, 2.75) is 353 Å². The summed E-state index contributed by atoms with van der Waals surface area (Å²) in [7, 11) is 0. The Labute approximate surface area is 865 Å². The Morgan fingerprint density at radius 3 is 0.503 bits per heavy atom. The van der Waals surface area contributed by atoms with Gasteiger partial charge in [-0.2, -0.15) is 0 Å². The number of rotatable bonds is 0. The molecule has 0 N–H and O–H groups in total. The molecule has 145 heavy (non-hydrogen) atoms. The molecule has 0 unspecified atom stereocenters. The highest BCUT2D eigenvalue weighted by atomic mass is 14.4. The van der Waals surface area contributed by atoms with Gasteiger partial charge < -0.3 is 0 Å². The molecule has 0 bridgehead atoms. The van der Waals surface area contributed by atoms with Gasteiger partial charge in [-0.1, -0.05) is 6.07 Å². The molecule has 25 rings (SSSR count). The Bertz CT molecular complexity index is 9790. The molecule has 0 atom stereocenters. The summed E-state index contributed by atoms with van der Waals surface area (Å²) in [6.45, 7) is 120. The Kier molecular flexibility index (Phi) is 21.1. The number of hydrogen-bond donors (Lipinski definition) is 0. The van der Waals surface area contributed by atoms with Crippen molar-refractivity contribution < 1.29 is 0 Å². The van der Waals surface area contributed by atoms with Crippen molar-refractivity contribution in [3.63, 3.8) is 0 Å². The molecule has 0 spiro atoms. The molecule has 0 saturated carbocycles. The molecule has 0 saturated heterocycles. The molecule has 3 aliphatic rings. The van der Waals surface area contributed by atoms with Gasteiger partial charge >= 0.3 is 0 Å². The average Bonchev–Trinajstić information content (AvgIpc) is 1.49. The molecular weight excluding hydrogens is 1740 g/mol. The Hall–Kier alpha value is -12.2. The van der Waals surface area contributed by atoms with Crippen molar-refractivity contribution >= 4 is 162 Å². The average molecular weight is 1900 g/mol. The van der Waals surface area contributed by atoms with E-state index in [1.54, 1.807) is 0 Å². The second-order valence-corrected chi connectivity index (χ2v) is 47.9. The van der Waals surface area contributed by atoms with Gasteiger partial charge in [-0.25, -0.2) is 0 Å². The van der Waals surface area contributed by atoms with Crippen LogP contribution in [0.25, 0.3) is 228 Å². The van der Waals surface area contributed by atoms with E-state index < -0.39 is 0 Å². The van der Waals surface area contributed by atoms with Crippen LogP contribution in [0, 0.1) is 353 Å². The van der Waals surface area contributed by atoms with Crippen LogP contribution in [-0.2, 0) is 0 Å². The standard InChI is InChI=1S/C42H42.C38H42.C34H36.C31H34/c1-15-17(3)21(7)33-31(19(15)5)35-25(11)23(9)29-28(14)38-34-22(8)18(4)16(2)20(6)32(34)36-26(12)24(10)30-27(13)37(33)41(35)39(29)40(30)42(36)38;1-15-16(2)20(6)31-26(12)33-28(14)37-35-24(10)18(4)22(8)29-21(7)17(3)23(9)34(38(29)35)36(37)27(13)32(33)25(11)30(31)19(15)5;1-13-14(2)19(7)29-28(18(13)6)30-23(11)22(10)26-21(9)20(8)25-16(4)15(3)17(5)27-24(12)31(29)34(30)33(26)32(25)27;1-13-12-24-25(18(6)14(13)2)23(11)26-19(7)17(5)22(10)29-27-20(8)15(3)16(4)21(9)28(27)30(24)31(26)29/h1-14H3;1-14H3;1-12H3;12H,1-11H3. The Morgan fingerprint density at radius 1 is 0.0690 bits per heavy atom. The van der Waals surface area contributed by atoms with E-state index in [0.717, 1.165) is 0 Å². The van der Waals surface area contributed by atoms with Crippen molar-refractivity contribution in [2.24, 2.45) is 0 Å². The maximum atomic E-state index is 2.47. The molecule has 0 amide bonds. The van der Waals surface area contributed by atoms with Crippen molar-refractivity contribution in [3.05, 3.63) is 290 Å². The van der Waals surface area contributed by atoms with Crippen LogP contribution >= 0.6 is 0 Å². The molecule has 0 nitrogen and oxygen atoms in total. The van der Waals surface area contributed by atoms with Crippen molar-refractivity contribution in [1.82, 2.24) is 0 Å². The molecule has 0 fully saturated rings. The van der Waals surface area contributed by atoms with Crippen LogP contribution in [0.1, 0.15) is 284 Å². The molecule has 0 radical (unpaired) electrons. The molecule has 0 heterocycles. The molecule has 3 aliphatic carbocycles. The summed E-state index contributed by atoms with van der Waals surface area (Å²) < 4.78 is 0. The highest BCUT2D eigenvalue weighted by Crippen LogP contribution is 2.66. The van der Waals surface area contributed by atoms with E-state index in [0.29, 0.717) is 0 Å². The van der Waals surface area contributed by atoms with Crippen LogP contribution in [0.5, 0.6) is 0 Å². The Morgan fingerprint density at radius 2 is 0.186 bits per heavy atom. The molecule has 0 aliphatic heterocycles. The van der Waals surface area contributed by atoms with Crippen LogP contribution in [0.4, 0.5) is 0 Å². The molecule has 734 valence electrons. The van der Waals surface area contributed by atoms with Gasteiger partial charge in [-0.15, -0.1) is 0 Å². The minimum atomic E-state index is 1.40. The lowest BCUT2D eigenvalue weighted by Gasteiger charge is -2.26. The first kappa shape index (κ1) is 97.5. The highest BCUT2D eigenvalue weighted by Gasteiger charge is 2.41. The number of fused-ring (bicyclic) bond motifs is 19. The zero-order chi connectivity index (χ0) is 105. The summed E-state index contributed by atoms with van der Waals surface area (Å²) in [4.78, 5) is 0. The summed E-state index contributed by atoms with van der Waals surface area (Å²) in [5.74, 6) is 0. The smallest absolute Gasteiger partial charge is 0.000780 e. The molecule has 22 aromatic carbocycles. The lowest BCUT2D eigenvalue weighted by molar-refractivity contribution is 1.22. The van der Waals surface area contributed by atoms with Crippen LogP contribution in [0.2, 0.25) is 0 Å². The van der Waals surface area contributed by atoms with Crippen molar-refractivity contribution in [3.8, 4) is 66.8 Å². The maximum absolute atomic E-state index is 2.47. The van der Waals surface area contributed by atoms with E-state index in [9.17, 15) is 0 Å². The lowest BCUT2D eigenvalue weighted by atomic mass is 9.77. The molecule has 0 heteroatoms. The van der Waals surface area contributed by atoms with E-state index in [1.807, 2.05) is 0 Å². The second kappa shape index (κ2) is 31.4. The predicted octanol–water partition coefficient (Wildman–Crippen LogP) is 42.5. The number of benzene rings is 20. The zero-order valence-corrected chi connectivity index (χ0v) is 98.1.